The Bertz CT molecular complexity index is 1100. The molecule has 0 amide bonds. The second kappa shape index (κ2) is 36.3. The molecule has 11 heteroatoms. The molecule has 10 nitrogen and oxygen atoms in total. The minimum atomic E-state index is -4.40. The lowest BCUT2D eigenvalue weighted by Crippen LogP contribution is -2.37. The molecule has 55 heavy (non-hydrogen) atoms. The topological polar surface area (TPSA) is 129 Å². The highest BCUT2D eigenvalue weighted by atomic mass is 31.2. The number of hydrogen-bond donors (Lipinski definition) is 2. The van der Waals surface area contributed by atoms with Gasteiger partial charge in [0, 0.05) is 12.8 Å². The summed E-state index contributed by atoms with van der Waals surface area (Å²) < 4.78 is 34.1. The zero-order valence-electron chi connectivity index (χ0n) is 35.5. The monoisotopic (exact) mass is 799 g/mol. The highest BCUT2D eigenvalue weighted by molar-refractivity contribution is 7.47. The number of carbonyl (C=O) groups is 2. The van der Waals surface area contributed by atoms with E-state index in [0.717, 1.165) is 32.1 Å². The average Bonchev–Trinajstić information content (AvgIpc) is 3.13. The van der Waals surface area contributed by atoms with Gasteiger partial charge in [-0.05, 0) is 44.9 Å². The summed E-state index contributed by atoms with van der Waals surface area (Å²) in [7, 11) is 1.40. The van der Waals surface area contributed by atoms with E-state index in [-0.39, 0.29) is 26.1 Å². The van der Waals surface area contributed by atoms with Crippen molar-refractivity contribution in [2.24, 2.45) is 0 Å². The lowest BCUT2D eigenvalue weighted by atomic mass is 10.0. The molecule has 2 N–H and O–H groups in total. The van der Waals surface area contributed by atoms with E-state index in [2.05, 4.69) is 19.9 Å². The summed E-state index contributed by atoms with van der Waals surface area (Å²) in [6.07, 6.45) is 37.6. The Morgan fingerprint density at radius 2 is 1.22 bits per heavy atom. The van der Waals surface area contributed by atoms with Crippen LogP contribution in [0.3, 0.4) is 0 Å². The number of carbonyl (C=O) groups excluding carboxylic acids is 2. The van der Waals surface area contributed by atoms with Gasteiger partial charge in [-0.3, -0.25) is 18.6 Å². The van der Waals surface area contributed by atoms with Crippen LogP contribution in [0.5, 0.6) is 0 Å². The Hall–Kier alpha value is -2.07. The smallest absolute Gasteiger partial charge is 0.462 e. The number of hydrogen-bond acceptors (Lipinski definition) is 8. The van der Waals surface area contributed by atoms with Crippen molar-refractivity contribution in [3.8, 4) is 0 Å². The van der Waals surface area contributed by atoms with E-state index < -0.39 is 38.6 Å². The molecule has 0 bridgehead atoms. The van der Waals surface area contributed by atoms with Gasteiger partial charge in [0.05, 0.1) is 33.9 Å². The number of phosphoric acid groups is 1. The third-order valence-electron chi connectivity index (χ3n) is 8.94. The van der Waals surface area contributed by atoms with E-state index in [1.807, 2.05) is 57.6 Å². The molecule has 0 aromatic rings. The molecule has 320 valence electrons. The quantitative estimate of drug-likeness (QED) is 0.0157. The molecule has 0 saturated heterocycles. The molecule has 0 aliphatic heterocycles. The first-order valence-corrected chi connectivity index (χ1v) is 23.0. The van der Waals surface area contributed by atoms with E-state index in [1.165, 1.54) is 83.5 Å². The van der Waals surface area contributed by atoms with E-state index in [1.54, 1.807) is 6.08 Å². The molecule has 3 atom stereocenters. The highest BCUT2D eigenvalue weighted by Crippen LogP contribution is 2.43. The second-order valence-corrected chi connectivity index (χ2v) is 17.0. The summed E-state index contributed by atoms with van der Waals surface area (Å²) in [5.41, 5.74) is 0. The van der Waals surface area contributed by atoms with E-state index in [0.29, 0.717) is 30.3 Å². The molecular formula is C44H81NO9P+. The van der Waals surface area contributed by atoms with E-state index in [9.17, 15) is 24.2 Å². The van der Waals surface area contributed by atoms with Crippen LogP contribution >= 0.6 is 7.82 Å². The number of rotatable bonds is 38. The minimum Gasteiger partial charge on any atom is -0.462 e. The van der Waals surface area contributed by atoms with Gasteiger partial charge >= 0.3 is 19.8 Å². The Balaban J connectivity index is 4.54. The van der Waals surface area contributed by atoms with Gasteiger partial charge in [-0.15, -0.1) is 0 Å². The van der Waals surface area contributed by atoms with Crippen molar-refractivity contribution in [2.45, 2.75) is 174 Å². The summed E-state index contributed by atoms with van der Waals surface area (Å²) >= 11 is 0. The number of quaternary nitrogens is 1. The summed E-state index contributed by atoms with van der Waals surface area (Å²) in [5, 5.41) is 10.1. The van der Waals surface area contributed by atoms with Crippen molar-refractivity contribution in [1.82, 2.24) is 0 Å². The molecular weight excluding hydrogens is 717 g/mol. The van der Waals surface area contributed by atoms with Crippen LogP contribution in [0.1, 0.15) is 162 Å². The first-order chi connectivity index (χ1) is 26.4. The fourth-order valence-electron chi connectivity index (χ4n) is 5.50. The summed E-state index contributed by atoms with van der Waals surface area (Å²) in [5.74, 6) is -0.906. The normalized spacial score (nSPS) is 14.7. The van der Waals surface area contributed by atoms with Crippen LogP contribution in [0.15, 0.2) is 48.6 Å². The SMILES string of the molecule is CCCCC/C=C\C=C/[C@H](O)C/C=C\C/C=C/CCCC(=O)O[C@H](COC(=O)CCCCCCCCCCCCCCC)COP(=O)(O)OCC[N+](C)(C)C. The van der Waals surface area contributed by atoms with Crippen LogP contribution in [0.4, 0.5) is 0 Å². The van der Waals surface area contributed by atoms with Crippen molar-refractivity contribution >= 4 is 19.8 Å². The van der Waals surface area contributed by atoms with Crippen LogP contribution in [0, 0.1) is 0 Å². The van der Waals surface area contributed by atoms with E-state index in [4.69, 9.17) is 18.5 Å². The number of likely N-dealkylation sites (N-methyl/N-ethyl adjacent to an activating group) is 1. The Labute approximate surface area is 336 Å². The molecule has 0 heterocycles. The van der Waals surface area contributed by atoms with E-state index >= 15 is 0 Å². The molecule has 0 fully saturated rings. The van der Waals surface area contributed by atoms with Gasteiger partial charge in [-0.2, -0.15) is 0 Å². The number of unbranched alkanes of at least 4 members (excludes halogenated alkanes) is 16. The van der Waals surface area contributed by atoms with Crippen molar-refractivity contribution in [3.63, 3.8) is 0 Å². The zero-order valence-corrected chi connectivity index (χ0v) is 36.4. The zero-order chi connectivity index (χ0) is 40.9. The van der Waals surface area contributed by atoms with Crippen LogP contribution in [0.2, 0.25) is 0 Å². The van der Waals surface area contributed by atoms with Gasteiger partial charge in [0.15, 0.2) is 6.10 Å². The summed E-state index contributed by atoms with van der Waals surface area (Å²) in [6, 6.07) is 0. The highest BCUT2D eigenvalue weighted by Gasteiger charge is 2.27. The standard InChI is InChI=1S/C44H80NO9P/c1-6-8-10-12-14-15-16-17-18-19-23-27-31-35-43(47)51-39-42(40-53-55(49,50)52-38-37-45(3,4)5)54-44(48)36-32-28-24-20-22-26-30-34-41(46)33-29-25-21-13-11-9-7-2/h20-21,24-26,29-30,33,41-42,46H,6-19,22-23,27-28,31-32,34-40H2,1-5H3/p+1/b24-20+,25-21-,30-26-,33-29-/t41-,42+/m0/s1. The third-order valence-corrected chi connectivity index (χ3v) is 9.93. The van der Waals surface area contributed by atoms with Crippen molar-refractivity contribution in [3.05, 3.63) is 48.6 Å². The molecule has 0 aliphatic rings. The molecule has 0 radical (unpaired) electrons. The maximum atomic E-state index is 12.7. The molecule has 0 saturated carbocycles. The fraction of sp³-hybridized carbons (Fsp3) is 0.773. The molecule has 0 aromatic carbocycles. The van der Waals surface area contributed by atoms with Gasteiger partial charge < -0.3 is 24.0 Å². The van der Waals surface area contributed by atoms with Crippen molar-refractivity contribution < 1.29 is 47.2 Å². The van der Waals surface area contributed by atoms with Crippen LogP contribution in [-0.2, 0) is 32.7 Å². The van der Waals surface area contributed by atoms with Crippen LogP contribution in [0.25, 0.3) is 0 Å². The predicted octanol–water partition coefficient (Wildman–Crippen LogP) is 10.9. The molecule has 0 aliphatic carbocycles. The first-order valence-electron chi connectivity index (χ1n) is 21.5. The van der Waals surface area contributed by atoms with Crippen LogP contribution in [-0.4, -0.2) is 86.1 Å². The maximum Gasteiger partial charge on any atom is 0.472 e. The second-order valence-electron chi connectivity index (χ2n) is 15.6. The lowest BCUT2D eigenvalue weighted by molar-refractivity contribution is -0.870. The van der Waals surface area contributed by atoms with Crippen LogP contribution < -0.4 is 0 Å². The molecule has 0 aromatic heterocycles. The predicted molar refractivity (Wildman–Crippen MR) is 226 cm³/mol. The van der Waals surface area contributed by atoms with Gasteiger partial charge in [0.1, 0.15) is 19.8 Å². The molecule has 1 unspecified atom stereocenters. The lowest BCUT2D eigenvalue weighted by Gasteiger charge is -2.24. The number of esters is 2. The Morgan fingerprint density at radius 1 is 0.655 bits per heavy atom. The third kappa shape index (κ3) is 39.9. The average molecular weight is 799 g/mol. The largest absolute Gasteiger partial charge is 0.472 e. The Morgan fingerprint density at radius 3 is 1.85 bits per heavy atom. The van der Waals surface area contributed by atoms with Gasteiger partial charge in [0.25, 0.3) is 0 Å². The summed E-state index contributed by atoms with van der Waals surface area (Å²) in [6.45, 7) is 4.22. The molecule has 0 spiro atoms. The number of phosphoric ester groups is 1. The first kappa shape index (κ1) is 52.9. The fourth-order valence-corrected chi connectivity index (χ4v) is 6.24. The minimum absolute atomic E-state index is 0.00950. The number of nitrogens with zero attached hydrogens (tertiary/aromatic N) is 1. The Kier molecular flexibility index (Phi) is 34.9. The van der Waals surface area contributed by atoms with Gasteiger partial charge in [0.2, 0.25) is 0 Å². The summed E-state index contributed by atoms with van der Waals surface area (Å²) in [4.78, 5) is 35.3. The number of aliphatic hydroxyl groups excluding tert-OH is 1. The van der Waals surface area contributed by atoms with Crippen molar-refractivity contribution in [1.29, 1.82) is 0 Å². The van der Waals surface area contributed by atoms with Gasteiger partial charge in [-0.25, -0.2) is 4.57 Å². The maximum absolute atomic E-state index is 12.7. The molecule has 0 rings (SSSR count). The number of aliphatic hydroxyl groups is 1. The number of allylic oxidation sites excluding steroid dienone is 6. The number of ether oxygens (including phenoxy) is 2. The van der Waals surface area contributed by atoms with Gasteiger partial charge in [-0.1, -0.05) is 152 Å². The van der Waals surface area contributed by atoms with Crippen molar-refractivity contribution in [2.75, 3.05) is 47.5 Å².